The van der Waals surface area contributed by atoms with E-state index in [1.807, 2.05) is 4.90 Å². The molecule has 1 aliphatic rings. The molecule has 0 aliphatic carbocycles. The second-order valence-corrected chi connectivity index (χ2v) is 4.42. The van der Waals surface area contributed by atoms with Crippen LogP contribution in [-0.2, 0) is 0 Å². The number of aromatic nitrogens is 1. The van der Waals surface area contributed by atoms with Crippen LogP contribution < -0.4 is 11.3 Å². The van der Waals surface area contributed by atoms with Crippen LogP contribution in [0.5, 0.6) is 0 Å². The van der Waals surface area contributed by atoms with Crippen molar-refractivity contribution in [3.8, 4) is 0 Å². The Hall–Kier alpha value is -1.62. The molecule has 0 bridgehead atoms. The summed E-state index contributed by atoms with van der Waals surface area (Å²) >= 11 is 0. The average Bonchev–Trinajstić information content (AvgIpc) is 2.39. The van der Waals surface area contributed by atoms with Crippen LogP contribution in [0.2, 0.25) is 0 Å². The van der Waals surface area contributed by atoms with E-state index >= 15 is 0 Å². The van der Waals surface area contributed by atoms with Crippen molar-refractivity contribution in [2.24, 2.45) is 5.84 Å². The Labute approximate surface area is 101 Å². The highest BCUT2D eigenvalue weighted by Gasteiger charge is 2.24. The van der Waals surface area contributed by atoms with Crippen molar-refractivity contribution in [1.29, 1.82) is 0 Å². The van der Waals surface area contributed by atoms with Gasteiger partial charge in [-0.15, -0.1) is 0 Å². The first-order valence-electron chi connectivity index (χ1n) is 5.96. The smallest absolute Gasteiger partial charge is 0.255 e. The lowest BCUT2D eigenvalue weighted by atomic mass is 10.0. The number of nitrogens with zero attached hydrogens (tertiary/aromatic N) is 2. The second-order valence-electron chi connectivity index (χ2n) is 4.42. The minimum absolute atomic E-state index is 0.0632. The second kappa shape index (κ2) is 5.14. The number of carbonyl (C=O) groups excluding carboxylic acids is 1. The number of pyridine rings is 1. The largest absolute Gasteiger partial charge is 0.336 e. The maximum atomic E-state index is 12.2. The average molecular weight is 234 g/mol. The van der Waals surface area contributed by atoms with Crippen LogP contribution in [0, 0.1) is 0 Å². The summed E-state index contributed by atoms with van der Waals surface area (Å²) in [4.78, 5) is 18.2. The molecule has 1 amide bonds. The van der Waals surface area contributed by atoms with E-state index in [0.717, 1.165) is 19.4 Å². The highest BCUT2D eigenvalue weighted by Crippen LogP contribution is 2.19. The molecular weight excluding hydrogens is 216 g/mol. The highest BCUT2D eigenvalue weighted by molar-refractivity contribution is 5.94. The molecular formula is C12H18N4O. The zero-order valence-electron chi connectivity index (χ0n) is 10.0. The summed E-state index contributed by atoms with van der Waals surface area (Å²) in [6.45, 7) is 2.94. The Bertz CT molecular complexity index is 390. The molecule has 1 fully saturated rings. The van der Waals surface area contributed by atoms with E-state index in [9.17, 15) is 4.79 Å². The summed E-state index contributed by atoms with van der Waals surface area (Å²) in [6.07, 6.45) is 4.95. The van der Waals surface area contributed by atoms with Gasteiger partial charge >= 0.3 is 0 Å². The number of rotatable bonds is 2. The summed E-state index contributed by atoms with van der Waals surface area (Å²) in [6, 6.07) is 3.79. The van der Waals surface area contributed by atoms with Gasteiger partial charge in [-0.25, -0.2) is 10.8 Å². The molecule has 0 saturated carbocycles. The quantitative estimate of drug-likeness (QED) is 0.599. The van der Waals surface area contributed by atoms with Crippen molar-refractivity contribution < 1.29 is 4.79 Å². The summed E-state index contributed by atoms with van der Waals surface area (Å²) in [5.41, 5.74) is 3.07. The van der Waals surface area contributed by atoms with Gasteiger partial charge in [0.15, 0.2) is 0 Å². The van der Waals surface area contributed by atoms with Crippen molar-refractivity contribution in [2.45, 2.75) is 32.2 Å². The lowest BCUT2D eigenvalue weighted by Crippen LogP contribution is -2.42. The van der Waals surface area contributed by atoms with E-state index < -0.39 is 0 Å². The SMILES string of the molecule is CC1CCCCN1C(=O)c1ccc(NN)nc1. The summed E-state index contributed by atoms with van der Waals surface area (Å²) in [7, 11) is 0. The predicted octanol–water partition coefficient (Wildman–Crippen LogP) is 1.38. The predicted molar refractivity (Wildman–Crippen MR) is 66.4 cm³/mol. The topological polar surface area (TPSA) is 71.2 Å². The number of hydrazine groups is 1. The van der Waals surface area contributed by atoms with Crippen molar-refractivity contribution in [3.63, 3.8) is 0 Å². The molecule has 92 valence electrons. The summed E-state index contributed by atoms with van der Waals surface area (Å²) in [5, 5.41) is 0. The molecule has 0 aromatic carbocycles. The zero-order valence-corrected chi connectivity index (χ0v) is 10.0. The van der Waals surface area contributed by atoms with Crippen molar-refractivity contribution in [1.82, 2.24) is 9.88 Å². The molecule has 2 heterocycles. The molecule has 3 N–H and O–H groups in total. The van der Waals surface area contributed by atoms with Gasteiger partial charge in [-0.1, -0.05) is 0 Å². The number of nitrogens with one attached hydrogen (secondary N) is 1. The zero-order chi connectivity index (χ0) is 12.3. The van der Waals surface area contributed by atoms with Crippen LogP contribution in [0.15, 0.2) is 18.3 Å². The van der Waals surface area contributed by atoms with Crippen LogP contribution in [0.25, 0.3) is 0 Å². The molecule has 1 aromatic rings. The number of carbonyl (C=O) groups is 1. The van der Waals surface area contributed by atoms with Crippen molar-refractivity contribution in [3.05, 3.63) is 23.9 Å². The van der Waals surface area contributed by atoms with Gasteiger partial charge in [0.2, 0.25) is 0 Å². The van der Waals surface area contributed by atoms with Crippen molar-refractivity contribution >= 4 is 11.7 Å². The van der Waals surface area contributed by atoms with Gasteiger partial charge in [0.25, 0.3) is 5.91 Å². The minimum atomic E-state index is 0.0632. The normalized spacial score (nSPS) is 20.1. The van der Waals surface area contributed by atoms with Gasteiger partial charge in [0.05, 0.1) is 5.56 Å². The summed E-state index contributed by atoms with van der Waals surface area (Å²) < 4.78 is 0. The van der Waals surface area contributed by atoms with E-state index in [2.05, 4.69) is 17.3 Å². The third-order valence-electron chi connectivity index (χ3n) is 3.22. The van der Waals surface area contributed by atoms with Crippen molar-refractivity contribution in [2.75, 3.05) is 12.0 Å². The first-order valence-corrected chi connectivity index (χ1v) is 5.96. The first-order chi connectivity index (χ1) is 8.22. The lowest BCUT2D eigenvalue weighted by molar-refractivity contribution is 0.0635. The Morgan fingerprint density at radius 2 is 2.35 bits per heavy atom. The molecule has 1 aliphatic heterocycles. The maximum Gasteiger partial charge on any atom is 0.255 e. The Morgan fingerprint density at radius 1 is 1.53 bits per heavy atom. The van der Waals surface area contributed by atoms with Gasteiger partial charge in [0, 0.05) is 18.8 Å². The van der Waals surface area contributed by atoms with E-state index in [1.54, 1.807) is 18.3 Å². The number of likely N-dealkylation sites (tertiary alicyclic amines) is 1. The van der Waals surface area contributed by atoms with E-state index in [1.165, 1.54) is 6.42 Å². The molecule has 0 radical (unpaired) electrons. The minimum Gasteiger partial charge on any atom is -0.336 e. The standard InChI is InChI=1S/C12H18N4O/c1-9-4-2-3-7-16(9)12(17)10-5-6-11(15-13)14-8-10/h5-6,8-9H,2-4,7,13H2,1H3,(H,14,15). The van der Waals surface area contributed by atoms with E-state index in [-0.39, 0.29) is 5.91 Å². The molecule has 2 rings (SSSR count). The van der Waals surface area contributed by atoms with Crippen LogP contribution in [0.4, 0.5) is 5.82 Å². The Morgan fingerprint density at radius 3 is 2.94 bits per heavy atom. The molecule has 0 spiro atoms. The summed E-state index contributed by atoms with van der Waals surface area (Å²) in [5.74, 6) is 5.86. The van der Waals surface area contributed by atoms with Crippen LogP contribution in [0.3, 0.4) is 0 Å². The fourth-order valence-electron chi connectivity index (χ4n) is 2.17. The molecule has 1 saturated heterocycles. The molecule has 17 heavy (non-hydrogen) atoms. The first kappa shape index (κ1) is 11.9. The maximum absolute atomic E-state index is 12.2. The van der Waals surface area contributed by atoms with Crippen LogP contribution in [-0.4, -0.2) is 28.4 Å². The molecule has 1 aromatic heterocycles. The number of amides is 1. The molecule has 5 heteroatoms. The number of anilines is 1. The highest BCUT2D eigenvalue weighted by atomic mass is 16.2. The third kappa shape index (κ3) is 2.55. The van der Waals surface area contributed by atoms with Gasteiger partial charge in [-0.3, -0.25) is 4.79 Å². The van der Waals surface area contributed by atoms with Crippen LogP contribution in [0.1, 0.15) is 36.5 Å². The number of piperidine rings is 1. The monoisotopic (exact) mass is 234 g/mol. The number of hydrogen-bond acceptors (Lipinski definition) is 4. The van der Waals surface area contributed by atoms with Gasteiger partial charge < -0.3 is 10.3 Å². The van der Waals surface area contributed by atoms with Gasteiger partial charge in [-0.05, 0) is 38.3 Å². The third-order valence-corrected chi connectivity index (χ3v) is 3.22. The fourth-order valence-corrected chi connectivity index (χ4v) is 2.17. The number of hydrogen-bond donors (Lipinski definition) is 2. The Kier molecular flexibility index (Phi) is 3.58. The number of nitrogens with two attached hydrogens (primary N) is 1. The Balaban J connectivity index is 2.12. The van der Waals surface area contributed by atoms with E-state index in [0.29, 0.717) is 17.4 Å². The van der Waals surface area contributed by atoms with Gasteiger partial charge in [0.1, 0.15) is 5.82 Å². The van der Waals surface area contributed by atoms with Crippen LogP contribution >= 0.6 is 0 Å². The van der Waals surface area contributed by atoms with E-state index in [4.69, 9.17) is 5.84 Å². The van der Waals surface area contributed by atoms with Gasteiger partial charge in [-0.2, -0.15) is 0 Å². The molecule has 5 nitrogen and oxygen atoms in total. The fraction of sp³-hybridized carbons (Fsp3) is 0.500. The lowest BCUT2D eigenvalue weighted by Gasteiger charge is -2.33. The molecule has 1 unspecified atom stereocenters. The number of nitrogen functional groups attached to an aromatic ring is 1. The molecule has 1 atom stereocenters.